The number of piperidine rings is 1. The molecule has 1 aromatic rings. The van der Waals surface area contributed by atoms with E-state index in [2.05, 4.69) is 20.1 Å². The van der Waals surface area contributed by atoms with Gasteiger partial charge in [-0.1, -0.05) is 0 Å². The molecule has 1 aromatic heterocycles. The van der Waals surface area contributed by atoms with Crippen LogP contribution in [0.3, 0.4) is 0 Å². The van der Waals surface area contributed by atoms with Crippen LogP contribution in [0.25, 0.3) is 0 Å². The van der Waals surface area contributed by atoms with Crippen molar-refractivity contribution in [3.05, 3.63) is 11.6 Å². The number of nitrogens with one attached hydrogen (secondary N) is 1. The fourth-order valence-electron chi connectivity index (χ4n) is 2.25. The molecule has 2 N–H and O–H groups in total. The Morgan fingerprint density at radius 3 is 2.75 bits per heavy atom. The predicted octanol–water partition coefficient (Wildman–Crippen LogP) is 0.675. The van der Waals surface area contributed by atoms with Crippen LogP contribution >= 0.6 is 0 Å². The van der Waals surface area contributed by atoms with Crippen LogP contribution in [0.4, 0.5) is 0 Å². The van der Waals surface area contributed by atoms with Gasteiger partial charge < -0.3 is 10.0 Å². The van der Waals surface area contributed by atoms with Crippen LogP contribution in [0.15, 0.2) is 0 Å². The molecule has 1 saturated heterocycles. The predicted molar refractivity (Wildman–Crippen MR) is 61.2 cm³/mol. The highest BCUT2D eigenvalue weighted by Gasteiger charge is 2.22. The van der Waals surface area contributed by atoms with Gasteiger partial charge in [0.05, 0.1) is 0 Å². The highest BCUT2D eigenvalue weighted by atomic mass is 16.3. The first-order valence-electron chi connectivity index (χ1n) is 6.01. The minimum absolute atomic E-state index is 0.292. The summed E-state index contributed by atoms with van der Waals surface area (Å²) in [5.41, 5.74) is 0. The van der Waals surface area contributed by atoms with Crippen LogP contribution in [0.2, 0.25) is 0 Å². The molecule has 1 aliphatic heterocycles. The van der Waals surface area contributed by atoms with Crippen molar-refractivity contribution in [1.82, 2.24) is 20.1 Å². The number of aliphatic hydroxyl groups is 1. The summed E-state index contributed by atoms with van der Waals surface area (Å²) in [4.78, 5) is 6.81. The monoisotopic (exact) mass is 224 g/mol. The van der Waals surface area contributed by atoms with Crippen LogP contribution in [-0.4, -0.2) is 51.4 Å². The molecule has 0 aliphatic carbocycles. The van der Waals surface area contributed by atoms with Gasteiger partial charge in [0.1, 0.15) is 5.82 Å². The molecule has 1 aliphatic rings. The van der Waals surface area contributed by atoms with Crippen LogP contribution in [0, 0.1) is 6.92 Å². The van der Waals surface area contributed by atoms with Gasteiger partial charge in [-0.25, -0.2) is 4.98 Å². The van der Waals surface area contributed by atoms with E-state index in [9.17, 15) is 0 Å². The van der Waals surface area contributed by atoms with Gasteiger partial charge in [0.25, 0.3) is 0 Å². The minimum Gasteiger partial charge on any atom is -0.396 e. The van der Waals surface area contributed by atoms with E-state index in [4.69, 9.17) is 5.11 Å². The molecule has 0 atom stereocenters. The summed E-state index contributed by atoms with van der Waals surface area (Å²) in [5.74, 6) is 2.38. The maximum absolute atomic E-state index is 8.78. The van der Waals surface area contributed by atoms with Crippen LogP contribution in [0.5, 0.6) is 0 Å². The van der Waals surface area contributed by atoms with E-state index in [0.717, 1.165) is 50.5 Å². The Bertz CT molecular complexity index is 318. The Hall–Kier alpha value is -0.940. The third-order valence-corrected chi connectivity index (χ3v) is 3.20. The third-order valence-electron chi connectivity index (χ3n) is 3.20. The summed E-state index contributed by atoms with van der Waals surface area (Å²) in [6.45, 7) is 5.43. The number of rotatable bonds is 4. The van der Waals surface area contributed by atoms with Gasteiger partial charge in [0, 0.05) is 19.1 Å². The van der Waals surface area contributed by atoms with Gasteiger partial charge in [-0.15, -0.1) is 0 Å². The molecule has 5 heteroatoms. The lowest BCUT2D eigenvalue weighted by Crippen LogP contribution is -2.34. The van der Waals surface area contributed by atoms with Gasteiger partial charge in [0.15, 0.2) is 5.82 Å². The maximum Gasteiger partial charge on any atom is 0.153 e. The molecule has 16 heavy (non-hydrogen) atoms. The summed E-state index contributed by atoms with van der Waals surface area (Å²) in [5, 5.41) is 15.9. The van der Waals surface area contributed by atoms with Crippen molar-refractivity contribution in [1.29, 1.82) is 0 Å². The molecule has 0 amide bonds. The zero-order valence-corrected chi connectivity index (χ0v) is 9.82. The maximum atomic E-state index is 8.78. The molecule has 0 saturated carbocycles. The molecular weight excluding hydrogens is 204 g/mol. The second kappa shape index (κ2) is 5.41. The Balaban J connectivity index is 1.81. The highest BCUT2D eigenvalue weighted by molar-refractivity contribution is 4.98. The van der Waals surface area contributed by atoms with Gasteiger partial charge in [-0.05, 0) is 39.3 Å². The summed E-state index contributed by atoms with van der Waals surface area (Å²) in [6, 6.07) is 0. The molecule has 5 nitrogen and oxygen atoms in total. The smallest absolute Gasteiger partial charge is 0.153 e. The van der Waals surface area contributed by atoms with Gasteiger partial charge in [0.2, 0.25) is 0 Å². The second-order valence-corrected chi connectivity index (χ2v) is 4.47. The van der Waals surface area contributed by atoms with E-state index < -0.39 is 0 Å². The van der Waals surface area contributed by atoms with Crippen molar-refractivity contribution in [3.8, 4) is 0 Å². The minimum atomic E-state index is 0.292. The van der Waals surface area contributed by atoms with Crippen LogP contribution in [0.1, 0.15) is 36.8 Å². The molecule has 0 bridgehead atoms. The summed E-state index contributed by atoms with van der Waals surface area (Å²) in [7, 11) is 0. The zero-order valence-electron chi connectivity index (χ0n) is 9.82. The first kappa shape index (κ1) is 11.5. The van der Waals surface area contributed by atoms with Gasteiger partial charge in [-0.2, -0.15) is 5.10 Å². The lowest BCUT2D eigenvalue weighted by atomic mass is 9.96. The largest absolute Gasteiger partial charge is 0.396 e. The first-order valence-corrected chi connectivity index (χ1v) is 6.01. The van der Waals surface area contributed by atoms with Crippen molar-refractivity contribution in [2.24, 2.45) is 0 Å². The summed E-state index contributed by atoms with van der Waals surface area (Å²) < 4.78 is 0. The Kier molecular flexibility index (Phi) is 3.90. The van der Waals surface area contributed by atoms with E-state index in [1.807, 2.05) is 6.92 Å². The molecule has 2 rings (SSSR count). The third kappa shape index (κ3) is 2.80. The molecule has 90 valence electrons. The fraction of sp³-hybridized carbons (Fsp3) is 0.818. The number of aromatic amines is 1. The highest BCUT2D eigenvalue weighted by Crippen LogP contribution is 2.25. The number of hydrogen-bond donors (Lipinski definition) is 2. The molecule has 1 fully saturated rings. The number of hydrogen-bond acceptors (Lipinski definition) is 4. The van der Waals surface area contributed by atoms with Crippen molar-refractivity contribution >= 4 is 0 Å². The Morgan fingerprint density at radius 2 is 2.19 bits per heavy atom. The number of aromatic nitrogens is 3. The van der Waals surface area contributed by atoms with Gasteiger partial charge in [-0.3, -0.25) is 5.10 Å². The van der Waals surface area contributed by atoms with Crippen LogP contribution in [-0.2, 0) is 0 Å². The Morgan fingerprint density at radius 1 is 1.44 bits per heavy atom. The lowest BCUT2D eigenvalue weighted by molar-refractivity contribution is 0.185. The van der Waals surface area contributed by atoms with Crippen LogP contribution < -0.4 is 0 Å². The molecule has 0 radical (unpaired) electrons. The normalized spacial score (nSPS) is 19.1. The standard InChI is InChI=1S/C11H20N4O/c1-9-12-11(14-13-9)10-3-6-15(7-4-10)5-2-8-16/h10,16H,2-8H2,1H3,(H,12,13,14). The number of aryl methyl sites for hydroxylation is 1. The van der Waals surface area contributed by atoms with Crippen molar-refractivity contribution in [3.63, 3.8) is 0 Å². The molecular formula is C11H20N4O. The Labute approximate surface area is 95.9 Å². The van der Waals surface area contributed by atoms with E-state index >= 15 is 0 Å². The number of H-pyrrole nitrogens is 1. The van der Waals surface area contributed by atoms with Gasteiger partial charge >= 0.3 is 0 Å². The second-order valence-electron chi connectivity index (χ2n) is 4.47. The molecule has 0 spiro atoms. The molecule has 2 heterocycles. The zero-order chi connectivity index (χ0) is 11.4. The lowest BCUT2D eigenvalue weighted by Gasteiger charge is -2.30. The SMILES string of the molecule is Cc1nc(C2CCN(CCCO)CC2)n[nH]1. The van der Waals surface area contributed by atoms with E-state index in [1.54, 1.807) is 0 Å². The average molecular weight is 224 g/mol. The quantitative estimate of drug-likeness (QED) is 0.789. The first-order chi connectivity index (χ1) is 7.79. The average Bonchev–Trinajstić information content (AvgIpc) is 2.74. The topological polar surface area (TPSA) is 65.0 Å². The summed E-state index contributed by atoms with van der Waals surface area (Å²) in [6.07, 6.45) is 3.13. The van der Waals surface area contributed by atoms with Crippen molar-refractivity contribution in [2.45, 2.75) is 32.1 Å². The van der Waals surface area contributed by atoms with E-state index in [1.165, 1.54) is 0 Å². The molecule has 0 unspecified atom stereocenters. The van der Waals surface area contributed by atoms with E-state index in [-0.39, 0.29) is 0 Å². The summed E-state index contributed by atoms with van der Waals surface area (Å²) >= 11 is 0. The fourth-order valence-corrected chi connectivity index (χ4v) is 2.25. The van der Waals surface area contributed by atoms with E-state index in [0.29, 0.717) is 12.5 Å². The number of aliphatic hydroxyl groups excluding tert-OH is 1. The number of likely N-dealkylation sites (tertiary alicyclic amines) is 1. The van der Waals surface area contributed by atoms with Crippen molar-refractivity contribution in [2.75, 3.05) is 26.2 Å². The van der Waals surface area contributed by atoms with Crippen molar-refractivity contribution < 1.29 is 5.11 Å². The number of nitrogens with zero attached hydrogens (tertiary/aromatic N) is 3. The molecule has 0 aromatic carbocycles.